The molecular formula is C22H17BrFNO5. The molecule has 4 rings (SSSR count). The van der Waals surface area contributed by atoms with Crippen LogP contribution in [-0.2, 0) is 9.53 Å². The maximum Gasteiger partial charge on any atom is 0.290 e. The van der Waals surface area contributed by atoms with Crippen LogP contribution < -0.4 is 0 Å². The van der Waals surface area contributed by atoms with Gasteiger partial charge in [-0.3, -0.25) is 9.59 Å². The first-order valence-corrected chi connectivity index (χ1v) is 9.92. The zero-order valence-electron chi connectivity index (χ0n) is 15.9. The molecule has 30 heavy (non-hydrogen) atoms. The number of fused-ring (bicyclic) bond motifs is 1. The zero-order chi connectivity index (χ0) is 21.4. The summed E-state index contributed by atoms with van der Waals surface area (Å²) < 4.78 is 25.0. The van der Waals surface area contributed by atoms with E-state index in [0.29, 0.717) is 16.5 Å². The first-order valence-electron chi connectivity index (χ1n) is 9.13. The van der Waals surface area contributed by atoms with E-state index < -0.39 is 29.3 Å². The van der Waals surface area contributed by atoms with Crippen LogP contribution in [0.25, 0.3) is 11.0 Å². The fraction of sp³-hybridized carbons (Fsp3) is 0.182. The van der Waals surface area contributed by atoms with Gasteiger partial charge in [0.15, 0.2) is 11.5 Å². The predicted octanol–water partition coefficient (Wildman–Crippen LogP) is 4.56. The van der Waals surface area contributed by atoms with Crippen molar-refractivity contribution in [2.75, 3.05) is 20.3 Å². The lowest BCUT2D eigenvalue weighted by atomic mass is 9.95. The molecule has 1 aliphatic heterocycles. The molecule has 8 heteroatoms. The molecule has 0 saturated heterocycles. The second kappa shape index (κ2) is 8.04. The number of hydrogen-bond acceptors (Lipinski definition) is 5. The summed E-state index contributed by atoms with van der Waals surface area (Å²) in [6, 6.07) is 11.4. The van der Waals surface area contributed by atoms with Crippen LogP contribution >= 0.6 is 15.9 Å². The van der Waals surface area contributed by atoms with Crippen molar-refractivity contribution in [1.29, 1.82) is 0 Å². The van der Waals surface area contributed by atoms with E-state index in [2.05, 4.69) is 15.9 Å². The predicted molar refractivity (Wildman–Crippen MR) is 111 cm³/mol. The molecule has 1 atom stereocenters. The highest BCUT2D eigenvalue weighted by Gasteiger charge is 2.44. The Bertz CT molecular complexity index is 1170. The van der Waals surface area contributed by atoms with Gasteiger partial charge in [-0.1, -0.05) is 28.1 Å². The molecule has 1 amide bonds. The molecule has 0 aliphatic carbocycles. The maximum absolute atomic E-state index is 13.5. The van der Waals surface area contributed by atoms with Crippen molar-refractivity contribution in [3.63, 3.8) is 0 Å². The number of hydrogen-bond donors (Lipinski definition) is 1. The SMILES string of the molecule is COCCN1C(=O)C(O)=C(C(=O)c2cc3cc(Br)ccc3o2)C1c1ccc(F)cc1. The number of ether oxygens (including phenoxy) is 1. The molecule has 154 valence electrons. The molecule has 2 aromatic carbocycles. The zero-order valence-corrected chi connectivity index (χ0v) is 17.5. The van der Waals surface area contributed by atoms with E-state index >= 15 is 0 Å². The number of methoxy groups -OCH3 is 1. The highest BCUT2D eigenvalue weighted by molar-refractivity contribution is 9.10. The standard InChI is InChI=1S/C22H17BrFNO5/c1-29-9-8-25-19(12-2-5-15(24)6-3-12)18(21(27)22(25)28)20(26)17-11-13-10-14(23)4-7-16(13)30-17/h2-7,10-11,19,27H,8-9H2,1H3. The van der Waals surface area contributed by atoms with Crippen molar-refractivity contribution in [3.05, 3.63) is 81.5 Å². The van der Waals surface area contributed by atoms with Gasteiger partial charge in [0.25, 0.3) is 5.91 Å². The number of carbonyl (C=O) groups is 2. The smallest absolute Gasteiger partial charge is 0.290 e. The van der Waals surface area contributed by atoms with Crippen LogP contribution in [0.1, 0.15) is 22.2 Å². The molecule has 0 bridgehead atoms. The number of nitrogens with zero attached hydrogens (tertiary/aromatic N) is 1. The molecule has 0 spiro atoms. The van der Waals surface area contributed by atoms with Crippen LogP contribution in [0.4, 0.5) is 4.39 Å². The van der Waals surface area contributed by atoms with Gasteiger partial charge in [0.1, 0.15) is 11.4 Å². The monoisotopic (exact) mass is 473 g/mol. The fourth-order valence-corrected chi connectivity index (χ4v) is 3.94. The minimum atomic E-state index is -0.888. The highest BCUT2D eigenvalue weighted by atomic mass is 79.9. The molecule has 1 aromatic heterocycles. The Morgan fingerprint density at radius 3 is 2.67 bits per heavy atom. The van der Waals surface area contributed by atoms with Crippen LogP contribution in [-0.4, -0.2) is 42.0 Å². The molecule has 6 nitrogen and oxygen atoms in total. The van der Waals surface area contributed by atoms with Crippen LogP contribution in [0.3, 0.4) is 0 Å². The van der Waals surface area contributed by atoms with E-state index in [1.165, 1.54) is 36.3 Å². The molecule has 3 aromatic rings. The first kappa shape index (κ1) is 20.3. The van der Waals surface area contributed by atoms with Crippen molar-refractivity contribution in [3.8, 4) is 0 Å². The second-order valence-corrected chi connectivity index (χ2v) is 7.75. The lowest BCUT2D eigenvalue weighted by Crippen LogP contribution is -2.34. The van der Waals surface area contributed by atoms with Crippen molar-refractivity contribution in [2.45, 2.75) is 6.04 Å². The van der Waals surface area contributed by atoms with E-state index in [9.17, 15) is 19.1 Å². The number of amides is 1. The average Bonchev–Trinajstić information content (AvgIpc) is 3.26. The van der Waals surface area contributed by atoms with Gasteiger partial charge in [0.2, 0.25) is 5.78 Å². The molecule has 0 saturated carbocycles. The summed E-state index contributed by atoms with van der Waals surface area (Å²) in [4.78, 5) is 27.4. The van der Waals surface area contributed by atoms with Crippen molar-refractivity contribution in [1.82, 2.24) is 4.90 Å². The summed E-state index contributed by atoms with van der Waals surface area (Å²) >= 11 is 3.37. The topological polar surface area (TPSA) is 80.0 Å². The number of furan rings is 1. The van der Waals surface area contributed by atoms with Gasteiger partial charge in [-0.05, 0) is 42.0 Å². The summed E-state index contributed by atoms with van der Waals surface area (Å²) in [5.74, 6) is -2.40. The minimum Gasteiger partial charge on any atom is -0.503 e. The van der Waals surface area contributed by atoms with Crippen LogP contribution in [0.5, 0.6) is 0 Å². The third-order valence-electron chi connectivity index (χ3n) is 4.97. The molecule has 1 N–H and O–H groups in total. The highest BCUT2D eigenvalue weighted by Crippen LogP contribution is 2.39. The summed E-state index contributed by atoms with van der Waals surface area (Å²) in [5, 5.41) is 11.3. The largest absolute Gasteiger partial charge is 0.503 e. The molecule has 0 radical (unpaired) electrons. The molecular weight excluding hydrogens is 457 g/mol. The van der Waals surface area contributed by atoms with Crippen molar-refractivity contribution < 1.29 is 28.2 Å². The Hall–Kier alpha value is -2.97. The number of ketones is 1. The van der Waals surface area contributed by atoms with Gasteiger partial charge in [-0.25, -0.2) is 4.39 Å². The summed E-state index contributed by atoms with van der Waals surface area (Å²) in [6.45, 7) is 0.349. The maximum atomic E-state index is 13.5. The van der Waals surface area contributed by atoms with Gasteiger partial charge in [0, 0.05) is 23.5 Å². The van der Waals surface area contributed by atoms with Gasteiger partial charge in [-0.2, -0.15) is 0 Å². The summed E-state index contributed by atoms with van der Waals surface area (Å²) in [5.41, 5.74) is 0.883. The van der Waals surface area contributed by atoms with E-state index in [1.54, 1.807) is 24.3 Å². The van der Waals surface area contributed by atoms with Gasteiger partial charge in [-0.15, -0.1) is 0 Å². The number of benzene rings is 2. The Labute approximate surface area is 179 Å². The number of Topliss-reactive ketones (excluding diaryl/α,β-unsaturated/α-hetero) is 1. The molecule has 0 fully saturated rings. The van der Waals surface area contributed by atoms with Crippen molar-refractivity contribution >= 4 is 38.6 Å². The van der Waals surface area contributed by atoms with Crippen LogP contribution in [0.2, 0.25) is 0 Å². The molecule has 1 aliphatic rings. The Balaban J connectivity index is 1.79. The van der Waals surface area contributed by atoms with Gasteiger partial charge < -0.3 is 19.2 Å². The summed E-state index contributed by atoms with van der Waals surface area (Å²) in [6.07, 6.45) is 0. The van der Waals surface area contributed by atoms with Crippen LogP contribution in [0, 0.1) is 5.82 Å². The Morgan fingerprint density at radius 2 is 1.97 bits per heavy atom. The normalized spacial score (nSPS) is 16.7. The Morgan fingerprint density at radius 1 is 1.23 bits per heavy atom. The first-order chi connectivity index (χ1) is 14.4. The van der Waals surface area contributed by atoms with Gasteiger partial charge in [0.05, 0.1) is 18.2 Å². The number of rotatable bonds is 6. The molecule has 1 unspecified atom stereocenters. The lowest BCUT2D eigenvalue weighted by Gasteiger charge is -2.26. The van der Waals surface area contributed by atoms with E-state index in [-0.39, 0.29) is 24.5 Å². The molecule has 2 heterocycles. The van der Waals surface area contributed by atoms with E-state index in [0.717, 1.165) is 4.47 Å². The third kappa shape index (κ3) is 3.53. The summed E-state index contributed by atoms with van der Waals surface area (Å²) in [7, 11) is 1.49. The number of halogens is 2. The lowest BCUT2D eigenvalue weighted by molar-refractivity contribution is -0.130. The van der Waals surface area contributed by atoms with E-state index in [4.69, 9.17) is 9.15 Å². The fourth-order valence-electron chi connectivity index (χ4n) is 3.56. The average molecular weight is 474 g/mol. The minimum absolute atomic E-state index is 0.00171. The van der Waals surface area contributed by atoms with Crippen LogP contribution in [0.15, 0.2) is 68.8 Å². The number of aliphatic hydroxyl groups is 1. The Kier molecular flexibility index (Phi) is 5.44. The third-order valence-corrected chi connectivity index (χ3v) is 5.47. The van der Waals surface area contributed by atoms with Crippen molar-refractivity contribution in [2.24, 2.45) is 0 Å². The van der Waals surface area contributed by atoms with E-state index in [1.807, 2.05) is 0 Å². The number of carbonyl (C=O) groups excluding carboxylic acids is 2. The quantitative estimate of drug-likeness (QED) is 0.530. The van der Waals surface area contributed by atoms with Gasteiger partial charge >= 0.3 is 0 Å². The second-order valence-electron chi connectivity index (χ2n) is 6.83. The number of aliphatic hydroxyl groups excluding tert-OH is 1.